The number of carbonyl (C=O) groups is 1. The number of carbonyl (C=O) groups excluding carboxylic acids is 1. The summed E-state index contributed by atoms with van der Waals surface area (Å²) in [5, 5.41) is 0. The summed E-state index contributed by atoms with van der Waals surface area (Å²) in [6, 6.07) is 10.7. The van der Waals surface area contributed by atoms with Gasteiger partial charge in [0.1, 0.15) is 0 Å². The quantitative estimate of drug-likeness (QED) is 0.897. The standard InChI is InChI=1S/C17H25N3O.ClH/c18-11-15-12-19(9-10-20-8-4-7-17(20)21)13-16(15)14-5-2-1-3-6-14;/h1-3,5-6,15-16H,4,7-13,18H2;1H/t15-,16+;/m1./s1. The predicted octanol–water partition coefficient (Wildman–Crippen LogP) is 1.70. The van der Waals surface area contributed by atoms with Crippen LogP contribution in [-0.2, 0) is 4.79 Å². The van der Waals surface area contributed by atoms with E-state index in [4.69, 9.17) is 5.73 Å². The number of likely N-dealkylation sites (tertiary alicyclic amines) is 2. The van der Waals surface area contributed by atoms with E-state index in [0.29, 0.717) is 17.7 Å². The van der Waals surface area contributed by atoms with E-state index in [0.717, 1.165) is 52.1 Å². The average Bonchev–Trinajstić information content (AvgIpc) is 3.12. The molecular weight excluding hydrogens is 298 g/mol. The number of rotatable bonds is 5. The van der Waals surface area contributed by atoms with E-state index in [1.54, 1.807) is 0 Å². The highest BCUT2D eigenvalue weighted by molar-refractivity contribution is 5.85. The average molecular weight is 324 g/mol. The molecule has 2 N–H and O–H groups in total. The fourth-order valence-corrected chi connectivity index (χ4v) is 3.66. The van der Waals surface area contributed by atoms with Crippen molar-refractivity contribution in [1.82, 2.24) is 9.80 Å². The number of halogens is 1. The van der Waals surface area contributed by atoms with Crippen LogP contribution in [0.15, 0.2) is 30.3 Å². The van der Waals surface area contributed by atoms with Crippen LogP contribution in [0.3, 0.4) is 0 Å². The molecule has 2 aliphatic rings. The number of hydrogen-bond acceptors (Lipinski definition) is 3. The Bertz CT molecular complexity index is 482. The van der Waals surface area contributed by atoms with Crippen molar-refractivity contribution < 1.29 is 4.79 Å². The molecule has 2 aliphatic heterocycles. The van der Waals surface area contributed by atoms with Gasteiger partial charge < -0.3 is 15.5 Å². The third-order valence-corrected chi connectivity index (χ3v) is 4.90. The minimum atomic E-state index is 0. The van der Waals surface area contributed by atoms with Crippen molar-refractivity contribution in [3.8, 4) is 0 Å². The Labute approximate surface area is 139 Å². The fourth-order valence-electron chi connectivity index (χ4n) is 3.66. The molecule has 2 fully saturated rings. The lowest BCUT2D eigenvalue weighted by Crippen LogP contribution is -2.35. The third kappa shape index (κ3) is 3.80. The van der Waals surface area contributed by atoms with Crippen LogP contribution in [0.2, 0.25) is 0 Å². The van der Waals surface area contributed by atoms with Gasteiger partial charge >= 0.3 is 0 Å². The van der Waals surface area contributed by atoms with Gasteiger partial charge in [-0.1, -0.05) is 30.3 Å². The van der Waals surface area contributed by atoms with E-state index in [9.17, 15) is 4.79 Å². The van der Waals surface area contributed by atoms with Crippen LogP contribution in [-0.4, -0.2) is 55.0 Å². The number of hydrogen-bond donors (Lipinski definition) is 1. The van der Waals surface area contributed by atoms with Crippen LogP contribution >= 0.6 is 12.4 Å². The first-order valence-corrected chi connectivity index (χ1v) is 8.03. The van der Waals surface area contributed by atoms with E-state index >= 15 is 0 Å². The molecule has 2 saturated heterocycles. The summed E-state index contributed by atoms with van der Waals surface area (Å²) in [5.74, 6) is 1.39. The summed E-state index contributed by atoms with van der Waals surface area (Å²) in [6.07, 6.45) is 1.76. The molecule has 4 nitrogen and oxygen atoms in total. The molecule has 0 unspecified atom stereocenters. The molecule has 1 aromatic carbocycles. The second kappa shape index (κ2) is 7.95. The molecule has 0 bridgehead atoms. The second-order valence-corrected chi connectivity index (χ2v) is 6.26. The van der Waals surface area contributed by atoms with Gasteiger partial charge in [0.25, 0.3) is 0 Å². The van der Waals surface area contributed by atoms with E-state index in [-0.39, 0.29) is 12.4 Å². The van der Waals surface area contributed by atoms with Crippen molar-refractivity contribution in [3.05, 3.63) is 35.9 Å². The van der Waals surface area contributed by atoms with Gasteiger partial charge in [-0.15, -0.1) is 12.4 Å². The summed E-state index contributed by atoms with van der Waals surface area (Å²) >= 11 is 0. The van der Waals surface area contributed by atoms with Gasteiger partial charge in [-0.3, -0.25) is 4.79 Å². The summed E-state index contributed by atoms with van der Waals surface area (Å²) in [7, 11) is 0. The Morgan fingerprint density at radius 3 is 2.55 bits per heavy atom. The zero-order valence-corrected chi connectivity index (χ0v) is 13.8. The lowest BCUT2D eigenvalue weighted by molar-refractivity contribution is -0.127. The molecule has 5 heteroatoms. The zero-order valence-electron chi connectivity index (χ0n) is 13.0. The highest BCUT2D eigenvalue weighted by Crippen LogP contribution is 2.31. The first kappa shape index (κ1) is 17.3. The summed E-state index contributed by atoms with van der Waals surface area (Å²) in [4.78, 5) is 16.2. The maximum absolute atomic E-state index is 11.7. The van der Waals surface area contributed by atoms with Crippen molar-refractivity contribution >= 4 is 18.3 Å². The SMILES string of the molecule is Cl.NC[C@@H]1CN(CCN2CCCC2=O)C[C@H]1c1ccccc1. The van der Waals surface area contributed by atoms with Crippen molar-refractivity contribution in [2.75, 3.05) is 39.3 Å². The topological polar surface area (TPSA) is 49.6 Å². The Morgan fingerprint density at radius 2 is 1.91 bits per heavy atom. The van der Waals surface area contributed by atoms with Crippen molar-refractivity contribution in [2.45, 2.75) is 18.8 Å². The maximum atomic E-state index is 11.7. The lowest BCUT2D eigenvalue weighted by atomic mass is 9.89. The van der Waals surface area contributed by atoms with Crippen LogP contribution in [0, 0.1) is 5.92 Å². The van der Waals surface area contributed by atoms with E-state index in [2.05, 4.69) is 35.2 Å². The highest BCUT2D eigenvalue weighted by Gasteiger charge is 2.33. The molecule has 0 aromatic heterocycles. The Morgan fingerprint density at radius 1 is 1.14 bits per heavy atom. The van der Waals surface area contributed by atoms with Crippen molar-refractivity contribution in [1.29, 1.82) is 0 Å². The van der Waals surface area contributed by atoms with Crippen LogP contribution in [0.1, 0.15) is 24.3 Å². The van der Waals surface area contributed by atoms with Crippen LogP contribution in [0.5, 0.6) is 0 Å². The van der Waals surface area contributed by atoms with Crippen LogP contribution < -0.4 is 5.73 Å². The summed E-state index contributed by atoms with van der Waals surface area (Å²) < 4.78 is 0. The number of amides is 1. The molecule has 0 spiro atoms. The van der Waals surface area contributed by atoms with Gasteiger partial charge in [-0.25, -0.2) is 0 Å². The first-order chi connectivity index (χ1) is 10.3. The molecule has 3 rings (SSSR count). The predicted molar refractivity (Wildman–Crippen MR) is 91.2 cm³/mol. The normalized spacial score (nSPS) is 25.5. The molecule has 22 heavy (non-hydrogen) atoms. The first-order valence-electron chi connectivity index (χ1n) is 8.03. The molecule has 2 heterocycles. The largest absolute Gasteiger partial charge is 0.341 e. The molecule has 122 valence electrons. The Kier molecular flexibility index (Phi) is 6.24. The third-order valence-electron chi connectivity index (χ3n) is 4.90. The molecule has 1 amide bonds. The monoisotopic (exact) mass is 323 g/mol. The van der Waals surface area contributed by atoms with E-state index in [1.807, 2.05) is 4.90 Å². The van der Waals surface area contributed by atoms with Crippen molar-refractivity contribution in [3.63, 3.8) is 0 Å². The highest BCUT2D eigenvalue weighted by atomic mass is 35.5. The number of nitrogens with two attached hydrogens (primary N) is 1. The molecule has 1 aromatic rings. The van der Waals surface area contributed by atoms with Crippen LogP contribution in [0.25, 0.3) is 0 Å². The maximum Gasteiger partial charge on any atom is 0.222 e. The van der Waals surface area contributed by atoms with Gasteiger partial charge in [-0.2, -0.15) is 0 Å². The molecular formula is C17H26ClN3O. The van der Waals surface area contributed by atoms with E-state index < -0.39 is 0 Å². The fraction of sp³-hybridized carbons (Fsp3) is 0.588. The van der Waals surface area contributed by atoms with Gasteiger partial charge in [0.15, 0.2) is 0 Å². The van der Waals surface area contributed by atoms with Gasteiger partial charge in [0, 0.05) is 45.1 Å². The zero-order chi connectivity index (χ0) is 14.7. The minimum Gasteiger partial charge on any atom is -0.341 e. The molecule has 0 saturated carbocycles. The summed E-state index contributed by atoms with van der Waals surface area (Å²) in [6.45, 7) is 5.64. The summed E-state index contributed by atoms with van der Waals surface area (Å²) in [5.41, 5.74) is 7.37. The smallest absolute Gasteiger partial charge is 0.222 e. The Hall–Kier alpha value is -1.10. The Balaban J connectivity index is 0.00000176. The molecule has 0 radical (unpaired) electrons. The van der Waals surface area contributed by atoms with Gasteiger partial charge in [0.2, 0.25) is 5.91 Å². The number of nitrogens with zero attached hydrogens (tertiary/aromatic N) is 2. The van der Waals surface area contributed by atoms with Gasteiger partial charge in [-0.05, 0) is 24.4 Å². The molecule has 0 aliphatic carbocycles. The van der Waals surface area contributed by atoms with Crippen LogP contribution in [0.4, 0.5) is 0 Å². The van der Waals surface area contributed by atoms with Gasteiger partial charge in [0.05, 0.1) is 0 Å². The van der Waals surface area contributed by atoms with Crippen molar-refractivity contribution in [2.24, 2.45) is 11.7 Å². The van der Waals surface area contributed by atoms with E-state index in [1.165, 1.54) is 5.56 Å². The minimum absolute atomic E-state index is 0. The lowest BCUT2D eigenvalue weighted by Gasteiger charge is -2.21. The second-order valence-electron chi connectivity index (χ2n) is 6.26. The molecule has 2 atom stereocenters. The number of benzene rings is 1.